The first-order chi connectivity index (χ1) is 9.13. The lowest BCUT2D eigenvalue weighted by Crippen LogP contribution is -2.49. The fourth-order valence-electron chi connectivity index (χ4n) is 2.23. The number of rotatable bonds is 3. The molecule has 1 aliphatic heterocycles. The van der Waals surface area contributed by atoms with Gasteiger partial charge in [-0.15, -0.1) is 11.6 Å². The second kappa shape index (κ2) is 6.40. The molecule has 1 aromatic rings. The number of alkyl halides is 1. The monoisotopic (exact) mass is 281 g/mol. The molecule has 104 valence electrons. The summed E-state index contributed by atoms with van der Waals surface area (Å²) in [6.45, 7) is 6.01. The van der Waals surface area contributed by atoms with Crippen LogP contribution in [0, 0.1) is 0 Å². The van der Waals surface area contributed by atoms with Crippen molar-refractivity contribution >= 4 is 17.5 Å². The summed E-state index contributed by atoms with van der Waals surface area (Å²) in [5, 5.41) is 0. The molecule has 1 amide bonds. The normalized spacial score (nSPS) is 19.8. The standard InChI is InChI=1S/C15H20ClNO2/c1-11(2)12-3-5-13(6-4-12)15(18)17-7-8-19-10-14(17)9-16/h3-6,11,14H,7-10H2,1-2H3. The van der Waals surface area contributed by atoms with E-state index < -0.39 is 0 Å². The van der Waals surface area contributed by atoms with Gasteiger partial charge in [0.25, 0.3) is 5.91 Å². The Morgan fingerprint density at radius 1 is 1.42 bits per heavy atom. The third-order valence-corrected chi connectivity index (χ3v) is 3.85. The van der Waals surface area contributed by atoms with Crippen molar-refractivity contribution in [2.24, 2.45) is 0 Å². The van der Waals surface area contributed by atoms with Gasteiger partial charge in [-0.05, 0) is 23.6 Å². The number of halogens is 1. The number of benzene rings is 1. The molecule has 1 atom stereocenters. The van der Waals surface area contributed by atoms with E-state index in [0.717, 1.165) is 5.56 Å². The minimum atomic E-state index is -0.0207. The van der Waals surface area contributed by atoms with Crippen LogP contribution >= 0.6 is 11.6 Å². The molecule has 0 spiro atoms. The summed E-state index contributed by atoms with van der Waals surface area (Å²) in [6, 6.07) is 7.83. The van der Waals surface area contributed by atoms with Crippen LogP contribution in [0.5, 0.6) is 0 Å². The van der Waals surface area contributed by atoms with Gasteiger partial charge in [0.15, 0.2) is 0 Å². The van der Waals surface area contributed by atoms with Crippen molar-refractivity contribution in [1.29, 1.82) is 0 Å². The number of hydrogen-bond donors (Lipinski definition) is 0. The van der Waals surface area contributed by atoms with Crippen LogP contribution < -0.4 is 0 Å². The summed E-state index contributed by atoms with van der Waals surface area (Å²) in [5.74, 6) is 0.933. The van der Waals surface area contributed by atoms with Gasteiger partial charge in [-0.2, -0.15) is 0 Å². The van der Waals surface area contributed by atoms with Gasteiger partial charge in [0.05, 0.1) is 19.3 Å². The van der Waals surface area contributed by atoms with E-state index in [-0.39, 0.29) is 11.9 Å². The first kappa shape index (κ1) is 14.4. The minimum absolute atomic E-state index is 0.0207. The van der Waals surface area contributed by atoms with Crippen molar-refractivity contribution in [3.8, 4) is 0 Å². The lowest BCUT2D eigenvalue weighted by Gasteiger charge is -2.34. The van der Waals surface area contributed by atoms with Gasteiger partial charge in [0.1, 0.15) is 0 Å². The first-order valence-electron chi connectivity index (χ1n) is 6.68. The molecule has 1 unspecified atom stereocenters. The Hall–Kier alpha value is -1.06. The van der Waals surface area contributed by atoms with Gasteiger partial charge in [-0.1, -0.05) is 26.0 Å². The minimum Gasteiger partial charge on any atom is -0.377 e. The molecule has 0 N–H and O–H groups in total. The van der Waals surface area contributed by atoms with Crippen LogP contribution in [-0.4, -0.2) is 42.5 Å². The van der Waals surface area contributed by atoms with E-state index in [0.29, 0.717) is 31.6 Å². The lowest BCUT2D eigenvalue weighted by molar-refractivity contribution is 0.00456. The average molecular weight is 282 g/mol. The van der Waals surface area contributed by atoms with E-state index in [1.165, 1.54) is 5.56 Å². The molecule has 0 aliphatic carbocycles. The van der Waals surface area contributed by atoms with E-state index in [1.807, 2.05) is 29.2 Å². The molecular formula is C15H20ClNO2. The third-order valence-electron chi connectivity index (χ3n) is 3.49. The molecule has 0 radical (unpaired) electrons. The molecule has 1 fully saturated rings. The molecule has 19 heavy (non-hydrogen) atoms. The molecule has 0 aromatic heterocycles. The highest BCUT2D eigenvalue weighted by molar-refractivity contribution is 6.18. The maximum atomic E-state index is 12.5. The van der Waals surface area contributed by atoms with Crippen molar-refractivity contribution in [2.75, 3.05) is 25.6 Å². The number of ether oxygens (including phenoxy) is 1. The zero-order chi connectivity index (χ0) is 13.8. The maximum Gasteiger partial charge on any atom is 0.254 e. The molecule has 0 bridgehead atoms. The SMILES string of the molecule is CC(C)c1ccc(C(=O)N2CCOCC2CCl)cc1. The highest BCUT2D eigenvalue weighted by atomic mass is 35.5. The van der Waals surface area contributed by atoms with Crippen molar-refractivity contribution in [3.63, 3.8) is 0 Å². The predicted molar refractivity (Wildman–Crippen MR) is 76.9 cm³/mol. The van der Waals surface area contributed by atoms with Gasteiger partial charge >= 0.3 is 0 Å². The van der Waals surface area contributed by atoms with Crippen molar-refractivity contribution in [2.45, 2.75) is 25.8 Å². The fourth-order valence-corrected chi connectivity index (χ4v) is 2.48. The Labute approximate surface area is 119 Å². The summed E-state index contributed by atoms with van der Waals surface area (Å²) in [5.41, 5.74) is 1.97. The molecule has 2 rings (SSSR count). The number of amides is 1. The van der Waals surface area contributed by atoms with Crippen LogP contribution in [-0.2, 0) is 4.74 Å². The lowest BCUT2D eigenvalue weighted by atomic mass is 10.0. The summed E-state index contributed by atoms with van der Waals surface area (Å²) in [4.78, 5) is 14.3. The van der Waals surface area contributed by atoms with Crippen LogP contribution in [0.25, 0.3) is 0 Å². The smallest absolute Gasteiger partial charge is 0.254 e. The van der Waals surface area contributed by atoms with Crippen molar-refractivity contribution in [1.82, 2.24) is 4.90 Å². The van der Waals surface area contributed by atoms with Gasteiger partial charge < -0.3 is 9.64 Å². The van der Waals surface area contributed by atoms with E-state index in [1.54, 1.807) is 0 Å². The quantitative estimate of drug-likeness (QED) is 0.798. The molecule has 1 aromatic carbocycles. The second-order valence-electron chi connectivity index (χ2n) is 5.16. The van der Waals surface area contributed by atoms with Gasteiger partial charge in [-0.3, -0.25) is 4.79 Å². The van der Waals surface area contributed by atoms with E-state index in [9.17, 15) is 4.79 Å². The first-order valence-corrected chi connectivity index (χ1v) is 7.21. The van der Waals surface area contributed by atoms with Gasteiger partial charge in [-0.25, -0.2) is 0 Å². The van der Waals surface area contributed by atoms with Crippen LogP contribution in [0.2, 0.25) is 0 Å². The number of hydrogen-bond acceptors (Lipinski definition) is 2. The number of carbonyl (C=O) groups excluding carboxylic acids is 1. The zero-order valence-corrected chi connectivity index (χ0v) is 12.2. The highest BCUT2D eigenvalue weighted by Gasteiger charge is 2.27. The number of nitrogens with zero attached hydrogens (tertiary/aromatic N) is 1. The van der Waals surface area contributed by atoms with Crippen LogP contribution in [0.1, 0.15) is 35.7 Å². The molecule has 1 heterocycles. The largest absolute Gasteiger partial charge is 0.377 e. The Morgan fingerprint density at radius 3 is 2.68 bits per heavy atom. The van der Waals surface area contributed by atoms with Crippen molar-refractivity contribution < 1.29 is 9.53 Å². The molecule has 1 saturated heterocycles. The Bertz CT molecular complexity index is 430. The summed E-state index contributed by atoms with van der Waals surface area (Å²) < 4.78 is 5.36. The van der Waals surface area contributed by atoms with Crippen molar-refractivity contribution in [3.05, 3.63) is 35.4 Å². The highest BCUT2D eigenvalue weighted by Crippen LogP contribution is 2.18. The van der Waals surface area contributed by atoms with E-state index in [4.69, 9.17) is 16.3 Å². The van der Waals surface area contributed by atoms with Crippen LogP contribution in [0.15, 0.2) is 24.3 Å². The van der Waals surface area contributed by atoms with Crippen LogP contribution in [0.4, 0.5) is 0 Å². The number of morpholine rings is 1. The molecule has 3 nitrogen and oxygen atoms in total. The summed E-state index contributed by atoms with van der Waals surface area (Å²) in [7, 11) is 0. The molecule has 0 saturated carbocycles. The molecule has 4 heteroatoms. The zero-order valence-electron chi connectivity index (χ0n) is 11.4. The fraction of sp³-hybridized carbons (Fsp3) is 0.533. The second-order valence-corrected chi connectivity index (χ2v) is 5.47. The van der Waals surface area contributed by atoms with Crippen LogP contribution in [0.3, 0.4) is 0 Å². The average Bonchev–Trinajstić information content (AvgIpc) is 2.46. The summed E-state index contributed by atoms with van der Waals surface area (Å²) >= 11 is 5.90. The molecule has 1 aliphatic rings. The van der Waals surface area contributed by atoms with E-state index >= 15 is 0 Å². The molecular weight excluding hydrogens is 262 g/mol. The van der Waals surface area contributed by atoms with E-state index in [2.05, 4.69) is 13.8 Å². The topological polar surface area (TPSA) is 29.5 Å². The number of carbonyl (C=O) groups is 1. The summed E-state index contributed by atoms with van der Waals surface area (Å²) in [6.07, 6.45) is 0. The Balaban J connectivity index is 2.13. The predicted octanol–water partition coefficient (Wildman–Crippen LogP) is 2.89. The van der Waals surface area contributed by atoms with Gasteiger partial charge in [0.2, 0.25) is 0 Å². The maximum absolute atomic E-state index is 12.5. The Morgan fingerprint density at radius 2 is 2.11 bits per heavy atom. The van der Waals surface area contributed by atoms with Gasteiger partial charge in [0, 0.05) is 18.0 Å². The third kappa shape index (κ3) is 3.28. The Kier molecular flexibility index (Phi) is 4.83.